The van der Waals surface area contributed by atoms with Gasteiger partial charge in [-0.3, -0.25) is 9.78 Å². The first-order chi connectivity index (χ1) is 12.2. The molecule has 4 rings (SSSR count). The number of pyridine rings is 1. The van der Waals surface area contributed by atoms with Gasteiger partial charge in [0.05, 0.1) is 11.9 Å². The van der Waals surface area contributed by atoms with Gasteiger partial charge in [0.1, 0.15) is 11.5 Å². The second-order valence-electron chi connectivity index (χ2n) is 5.81. The molecular weight excluding hydrogens is 321 g/mol. The lowest BCUT2D eigenvalue weighted by Crippen LogP contribution is -2.25. The van der Waals surface area contributed by atoms with Gasteiger partial charge in [0.2, 0.25) is 0 Å². The normalized spacial score (nSPS) is 13.3. The van der Waals surface area contributed by atoms with Gasteiger partial charge in [-0.1, -0.05) is 12.1 Å². The average Bonchev–Trinajstić information content (AvgIpc) is 3.12. The monoisotopic (exact) mass is 337 g/mol. The molecule has 6 nitrogen and oxygen atoms in total. The number of aromatic nitrogens is 3. The molecule has 25 heavy (non-hydrogen) atoms. The number of hydrogen-bond donors (Lipinski definition) is 2. The fourth-order valence-electron chi connectivity index (χ4n) is 2.83. The number of amides is 1. The van der Waals surface area contributed by atoms with Crippen LogP contribution in [0.4, 0.5) is 10.1 Å². The van der Waals surface area contributed by atoms with Crippen LogP contribution in [0.5, 0.6) is 0 Å². The summed E-state index contributed by atoms with van der Waals surface area (Å²) in [6.07, 6.45) is 4.09. The van der Waals surface area contributed by atoms with Crippen molar-refractivity contribution in [3.63, 3.8) is 0 Å². The highest BCUT2D eigenvalue weighted by Gasteiger charge is 2.15. The number of rotatable bonds is 3. The first-order valence-electron chi connectivity index (χ1n) is 8.01. The van der Waals surface area contributed by atoms with E-state index in [0.29, 0.717) is 11.4 Å². The number of hydrogen-bond acceptors (Lipinski definition) is 4. The van der Waals surface area contributed by atoms with E-state index in [1.54, 1.807) is 36.7 Å². The van der Waals surface area contributed by atoms with E-state index < -0.39 is 5.82 Å². The number of fused-ring (bicyclic) bond motifs is 1. The Hall–Kier alpha value is -3.06. The largest absolute Gasteiger partial charge is 0.319 e. The van der Waals surface area contributed by atoms with Crippen LogP contribution in [-0.4, -0.2) is 27.2 Å². The molecule has 0 bridgehead atoms. The first kappa shape index (κ1) is 15.5. The number of carbonyl (C=O) groups is 1. The predicted octanol–water partition coefficient (Wildman–Crippen LogP) is 2.30. The fraction of sp³-hybridized carbons (Fsp3) is 0.167. The number of para-hydroxylation sites is 1. The summed E-state index contributed by atoms with van der Waals surface area (Å²) in [7, 11) is 0. The van der Waals surface area contributed by atoms with E-state index in [4.69, 9.17) is 0 Å². The lowest BCUT2D eigenvalue weighted by atomic mass is 10.1. The summed E-state index contributed by atoms with van der Waals surface area (Å²) in [4.78, 5) is 16.8. The van der Waals surface area contributed by atoms with Crippen molar-refractivity contribution in [1.29, 1.82) is 0 Å². The Morgan fingerprint density at radius 1 is 1.28 bits per heavy atom. The smallest absolute Gasteiger partial charge is 0.276 e. The Morgan fingerprint density at radius 2 is 2.16 bits per heavy atom. The minimum atomic E-state index is -0.399. The SMILES string of the molecule is O=C(Nc1cnc2c(c1)CNCC2)c1ccn(-c2ccccc2F)n1. The Labute approximate surface area is 143 Å². The van der Waals surface area contributed by atoms with Crippen LogP contribution in [0.2, 0.25) is 0 Å². The number of nitrogens with zero attached hydrogens (tertiary/aromatic N) is 3. The molecule has 1 aliphatic rings. The maximum Gasteiger partial charge on any atom is 0.276 e. The van der Waals surface area contributed by atoms with Crippen molar-refractivity contribution >= 4 is 11.6 Å². The van der Waals surface area contributed by atoms with Gasteiger partial charge in [0, 0.05) is 31.4 Å². The highest BCUT2D eigenvalue weighted by Crippen LogP contribution is 2.17. The van der Waals surface area contributed by atoms with Crippen LogP contribution >= 0.6 is 0 Å². The topological polar surface area (TPSA) is 71.8 Å². The third-order valence-corrected chi connectivity index (χ3v) is 4.09. The maximum absolute atomic E-state index is 13.8. The highest BCUT2D eigenvalue weighted by molar-refractivity contribution is 6.02. The summed E-state index contributed by atoms with van der Waals surface area (Å²) in [6, 6.07) is 9.74. The molecular formula is C18H16FN5O. The van der Waals surface area contributed by atoms with E-state index in [0.717, 1.165) is 30.8 Å². The van der Waals surface area contributed by atoms with E-state index in [1.807, 2.05) is 6.07 Å². The molecule has 0 fully saturated rings. The number of anilines is 1. The number of carbonyl (C=O) groups excluding carboxylic acids is 1. The highest BCUT2D eigenvalue weighted by atomic mass is 19.1. The van der Waals surface area contributed by atoms with Crippen molar-refractivity contribution in [3.8, 4) is 5.69 Å². The second-order valence-corrected chi connectivity index (χ2v) is 5.81. The van der Waals surface area contributed by atoms with Crippen molar-refractivity contribution in [2.24, 2.45) is 0 Å². The molecule has 2 N–H and O–H groups in total. The van der Waals surface area contributed by atoms with E-state index in [1.165, 1.54) is 10.7 Å². The molecule has 7 heteroatoms. The third-order valence-electron chi connectivity index (χ3n) is 4.09. The molecule has 1 aromatic carbocycles. The molecule has 1 amide bonds. The molecule has 1 aliphatic heterocycles. The molecule has 3 aromatic rings. The van der Waals surface area contributed by atoms with Crippen LogP contribution in [0.3, 0.4) is 0 Å². The average molecular weight is 337 g/mol. The Morgan fingerprint density at radius 3 is 3.04 bits per heavy atom. The van der Waals surface area contributed by atoms with Crippen LogP contribution in [0, 0.1) is 5.82 Å². The molecule has 0 spiro atoms. The summed E-state index contributed by atoms with van der Waals surface area (Å²) >= 11 is 0. The molecule has 2 aromatic heterocycles. The third kappa shape index (κ3) is 3.14. The summed E-state index contributed by atoms with van der Waals surface area (Å²) in [5, 5.41) is 10.2. The van der Waals surface area contributed by atoms with Crippen LogP contribution in [0.25, 0.3) is 5.69 Å². The molecule has 0 unspecified atom stereocenters. The van der Waals surface area contributed by atoms with E-state index in [-0.39, 0.29) is 11.6 Å². The van der Waals surface area contributed by atoms with Crippen LogP contribution in [0.1, 0.15) is 21.7 Å². The van der Waals surface area contributed by atoms with E-state index in [9.17, 15) is 9.18 Å². The van der Waals surface area contributed by atoms with Gasteiger partial charge in [-0.05, 0) is 29.8 Å². The number of halogens is 1. The van der Waals surface area contributed by atoms with Gasteiger partial charge in [0.25, 0.3) is 5.91 Å². The van der Waals surface area contributed by atoms with Crippen molar-refractivity contribution in [3.05, 3.63) is 71.6 Å². The van der Waals surface area contributed by atoms with Crippen LogP contribution in [0.15, 0.2) is 48.8 Å². The van der Waals surface area contributed by atoms with Crippen molar-refractivity contribution in [1.82, 2.24) is 20.1 Å². The van der Waals surface area contributed by atoms with Gasteiger partial charge in [-0.2, -0.15) is 5.10 Å². The van der Waals surface area contributed by atoms with Gasteiger partial charge >= 0.3 is 0 Å². The van der Waals surface area contributed by atoms with Gasteiger partial charge in [-0.15, -0.1) is 0 Å². The zero-order chi connectivity index (χ0) is 17.2. The molecule has 126 valence electrons. The second kappa shape index (κ2) is 6.45. The van der Waals surface area contributed by atoms with Crippen molar-refractivity contribution < 1.29 is 9.18 Å². The molecule has 0 atom stereocenters. The van der Waals surface area contributed by atoms with Crippen molar-refractivity contribution in [2.75, 3.05) is 11.9 Å². The quantitative estimate of drug-likeness (QED) is 0.769. The Kier molecular flexibility index (Phi) is 3.99. The van der Waals surface area contributed by atoms with E-state index in [2.05, 4.69) is 20.7 Å². The molecule has 0 saturated carbocycles. The van der Waals surface area contributed by atoms with Gasteiger partial charge in [0.15, 0.2) is 5.69 Å². The van der Waals surface area contributed by atoms with Gasteiger partial charge in [-0.25, -0.2) is 9.07 Å². The van der Waals surface area contributed by atoms with Crippen LogP contribution < -0.4 is 10.6 Å². The fourth-order valence-corrected chi connectivity index (χ4v) is 2.83. The Bertz CT molecular complexity index is 937. The summed E-state index contributed by atoms with van der Waals surface area (Å²) in [5.41, 5.74) is 3.26. The summed E-state index contributed by atoms with van der Waals surface area (Å²) < 4.78 is 15.2. The zero-order valence-electron chi connectivity index (χ0n) is 13.4. The molecule has 0 radical (unpaired) electrons. The summed E-state index contributed by atoms with van der Waals surface area (Å²) in [5.74, 6) is -0.760. The lowest BCUT2D eigenvalue weighted by molar-refractivity contribution is 0.102. The number of nitrogens with one attached hydrogen (secondary N) is 2. The van der Waals surface area contributed by atoms with E-state index >= 15 is 0 Å². The van der Waals surface area contributed by atoms with Gasteiger partial charge < -0.3 is 10.6 Å². The first-order valence-corrected chi connectivity index (χ1v) is 8.01. The summed E-state index contributed by atoms with van der Waals surface area (Å²) in [6.45, 7) is 1.66. The molecule has 3 heterocycles. The molecule has 0 saturated heterocycles. The minimum Gasteiger partial charge on any atom is -0.319 e. The standard InChI is InChI=1S/C18H16FN5O/c19-14-3-1-2-4-17(14)24-8-6-16(23-24)18(25)22-13-9-12-10-20-7-5-15(12)21-11-13/h1-4,6,8-9,11,20H,5,7,10H2,(H,22,25). The zero-order valence-corrected chi connectivity index (χ0v) is 13.4. The maximum atomic E-state index is 13.8. The number of benzene rings is 1. The molecule has 0 aliphatic carbocycles. The lowest BCUT2D eigenvalue weighted by Gasteiger charge is -2.16. The van der Waals surface area contributed by atoms with Crippen LogP contribution in [-0.2, 0) is 13.0 Å². The Balaban J connectivity index is 1.53. The predicted molar refractivity (Wildman–Crippen MR) is 91.1 cm³/mol. The minimum absolute atomic E-state index is 0.207. The van der Waals surface area contributed by atoms with Crippen molar-refractivity contribution in [2.45, 2.75) is 13.0 Å².